The molecule has 7 heteroatoms. The minimum Gasteiger partial charge on any atom is -0.482 e. The summed E-state index contributed by atoms with van der Waals surface area (Å²) in [5.41, 5.74) is 1.81. The molecule has 0 aliphatic carbocycles. The Morgan fingerprint density at radius 3 is 2.25 bits per heavy atom. The number of nitrogens with one attached hydrogen (secondary N) is 2. The molecule has 2 amide bonds. The second kappa shape index (κ2) is 9.57. The number of hydrogen-bond donors (Lipinski definition) is 2. The van der Waals surface area contributed by atoms with Crippen LogP contribution in [0.5, 0.6) is 5.75 Å². The van der Waals surface area contributed by atoms with Gasteiger partial charge in [-0.05, 0) is 77.2 Å². The number of ether oxygens (including phenoxy) is 1. The number of carbonyl (C=O) groups is 2. The van der Waals surface area contributed by atoms with E-state index in [4.69, 9.17) is 16.3 Å². The van der Waals surface area contributed by atoms with Crippen LogP contribution in [0.3, 0.4) is 0 Å². The summed E-state index contributed by atoms with van der Waals surface area (Å²) in [6.45, 7) is -0.158. The van der Waals surface area contributed by atoms with E-state index in [1.807, 2.05) is 18.2 Å². The summed E-state index contributed by atoms with van der Waals surface area (Å²) >= 11 is 8.15. The SMILES string of the molecule is O=C(COc1ccccc1Cl)Nc1ccc(NC(=O)c2cccc(I)c2)cc1. The number of hydrogen-bond acceptors (Lipinski definition) is 3. The van der Waals surface area contributed by atoms with Crippen LogP contribution in [0.2, 0.25) is 5.02 Å². The second-order valence-electron chi connectivity index (χ2n) is 5.81. The van der Waals surface area contributed by atoms with Gasteiger partial charge >= 0.3 is 0 Å². The van der Waals surface area contributed by atoms with Gasteiger partial charge in [0.15, 0.2) is 6.61 Å². The molecule has 5 nitrogen and oxygen atoms in total. The average Bonchev–Trinajstić information content (AvgIpc) is 2.69. The largest absolute Gasteiger partial charge is 0.482 e. The van der Waals surface area contributed by atoms with E-state index in [1.165, 1.54) is 0 Å². The summed E-state index contributed by atoms with van der Waals surface area (Å²) in [6, 6.07) is 21.1. The lowest BCUT2D eigenvalue weighted by Gasteiger charge is -2.10. The van der Waals surface area contributed by atoms with Crippen LogP contribution in [0.25, 0.3) is 0 Å². The maximum absolute atomic E-state index is 12.3. The number of para-hydroxylation sites is 1. The molecule has 0 fully saturated rings. The van der Waals surface area contributed by atoms with E-state index in [0.717, 1.165) is 3.57 Å². The molecule has 3 rings (SSSR count). The molecule has 142 valence electrons. The third-order valence-electron chi connectivity index (χ3n) is 3.71. The van der Waals surface area contributed by atoms with Crippen molar-refractivity contribution in [3.63, 3.8) is 0 Å². The van der Waals surface area contributed by atoms with Crippen molar-refractivity contribution in [2.45, 2.75) is 0 Å². The van der Waals surface area contributed by atoms with Gasteiger partial charge in [0.2, 0.25) is 0 Å². The predicted molar refractivity (Wildman–Crippen MR) is 119 cm³/mol. The first-order valence-electron chi connectivity index (χ1n) is 8.35. The van der Waals surface area contributed by atoms with E-state index in [-0.39, 0.29) is 18.4 Å². The number of carbonyl (C=O) groups excluding carboxylic acids is 2. The fourth-order valence-corrected chi connectivity index (χ4v) is 3.11. The van der Waals surface area contributed by atoms with Crippen LogP contribution in [-0.2, 0) is 4.79 Å². The third kappa shape index (κ3) is 5.71. The zero-order valence-corrected chi connectivity index (χ0v) is 17.5. The summed E-state index contributed by atoms with van der Waals surface area (Å²) in [4.78, 5) is 24.3. The van der Waals surface area contributed by atoms with Gasteiger partial charge in [0.25, 0.3) is 11.8 Å². The molecule has 3 aromatic rings. The van der Waals surface area contributed by atoms with E-state index in [0.29, 0.717) is 27.7 Å². The molecule has 3 aromatic carbocycles. The van der Waals surface area contributed by atoms with E-state index < -0.39 is 0 Å². The maximum atomic E-state index is 12.3. The van der Waals surface area contributed by atoms with Crippen LogP contribution < -0.4 is 15.4 Å². The van der Waals surface area contributed by atoms with Gasteiger partial charge in [0.1, 0.15) is 5.75 Å². The summed E-state index contributed by atoms with van der Waals surface area (Å²) in [7, 11) is 0. The highest BCUT2D eigenvalue weighted by atomic mass is 127. The van der Waals surface area contributed by atoms with E-state index in [9.17, 15) is 9.59 Å². The van der Waals surface area contributed by atoms with Crippen molar-refractivity contribution in [1.82, 2.24) is 0 Å². The Labute approximate surface area is 181 Å². The third-order valence-corrected chi connectivity index (χ3v) is 4.69. The van der Waals surface area contributed by atoms with E-state index >= 15 is 0 Å². The van der Waals surface area contributed by atoms with Crippen LogP contribution in [0.15, 0.2) is 72.8 Å². The van der Waals surface area contributed by atoms with Crippen molar-refractivity contribution in [3.05, 3.63) is 87.0 Å². The molecule has 0 aliphatic rings. The van der Waals surface area contributed by atoms with Crippen molar-refractivity contribution in [3.8, 4) is 5.75 Å². The van der Waals surface area contributed by atoms with Crippen LogP contribution in [0.4, 0.5) is 11.4 Å². The van der Waals surface area contributed by atoms with Crippen LogP contribution in [0, 0.1) is 3.57 Å². The molecule has 0 radical (unpaired) electrons. The Hall–Kier alpha value is -2.58. The molecule has 0 spiro atoms. The molecule has 0 bridgehead atoms. The lowest BCUT2D eigenvalue weighted by atomic mass is 10.2. The Bertz CT molecular complexity index is 993. The van der Waals surface area contributed by atoms with E-state index in [2.05, 4.69) is 33.2 Å². The monoisotopic (exact) mass is 506 g/mol. The van der Waals surface area contributed by atoms with Gasteiger partial charge < -0.3 is 15.4 Å². The summed E-state index contributed by atoms with van der Waals surface area (Å²) in [6.07, 6.45) is 0. The Kier molecular flexibility index (Phi) is 6.89. The van der Waals surface area contributed by atoms with Gasteiger partial charge in [-0.3, -0.25) is 9.59 Å². The fraction of sp³-hybridized carbons (Fsp3) is 0.0476. The standard InChI is InChI=1S/C21H16ClIN2O3/c22-18-6-1-2-7-19(18)28-13-20(26)24-16-8-10-17(11-9-16)25-21(27)14-4-3-5-15(23)12-14/h1-12H,13H2,(H,24,26)(H,25,27). The normalized spacial score (nSPS) is 10.2. The number of anilines is 2. The number of benzene rings is 3. The van der Waals surface area contributed by atoms with Gasteiger partial charge in [-0.15, -0.1) is 0 Å². The second-order valence-corrected chi connectivity index (χ2v) is 7.46. The molecule has 0 unspecified atom stereocenters. The van der Waals surface area contributed by atoms with Crippen LogP contribution in [-0.4, -0.2) is 18.4 Å². The zero-order chi connectivity index (χ0) is 19.9. The first kappa shape index (κ1) is 20.2. The van der Waals surface area contributed by atoms with Crippen molar-refractivity contribution in [2.24, 2.45) is 0 Å². The van der Waals surface area contributed by atoms with E-state index in [1.54, 1.807) is 54.6 Å². The lowest BCUT2D eigenvalue weighted by Crippen LogP contribution is -2.20. The highest BCUT2D eigenvalue weighted by Gasteiger charge is 2.08. The first-order chi connectivity index (χ1) is 13.5. The molecular weight excluding hydrogens is 491 g/mol. The Morgan fingerprint density at radius 2 is 1.57 bits per heavy atom. The highest BCUT2D eigenvalue weighted by Crippen LogP contribution is 2.23. The fourth-order valence-electron chi connectivity index (χ4n) is 2.37. The molecule has 0 atom stereocenters. The van der Waals surface area contributed by atoms with Crippen molar-refractivity contribution < 1.29 is 14.3 Å². The Morgan fingerprint density at radius 1 is 0.893 bits per heavy atom. The average molecular weight is 507 g/mol. The van der Waals surface area contributed by atoms with Gasteiger partial charge in [0, 0.05) is 20.5 Å². The van der Waals surface area contributed by atoms with Gasteiger partial charge in [0.05, 0.1) is 5.02 Å². The molecule has 0 aliphatic heterocycles. The molecular formula is C21H16ClIN2O3. The molecule has 2 N–H and O–H groups in total. The van der Waals surface area contributed by atoms with Crippen LogP contribution in [0.1, 0.15) is 10.4 Å². The molecule has 0 saturated carbocycles. The van der Waals surface area contributed by atoms with Crippen molar-refractivity contribution >= 4 is 57.4 Å². The lowest BCUT2D eigenvalue weighted by molar-refractivity contribution is -0.118. The Balaban J connectivity index is 1.53. The van der Waals surface area contributed by atoms with Crippen molar-refractivity contribution in [1.29, 1.82) is 0 Å². The topological polar surface area (TPSA) is 67.4 Å². The highest BCUT2D eigenvalue weighted by molar-refractivity contribution is 14.1. The summed E-state index contributed by atoms with van der Waals surface area (Å²) < 4.78 is 6.39. The number of amides is 2. The zero-order valence-electron chi connectivity index (χ0n) is 14.6. The molecule has 28 heavy (non-hydrogen) atoms. The van der Waals surface area contributed by atoms with Gasteiger partial charge in [-0.25, -0.2) is 0 Å². The molecule has 0 aromatic heterocycles. The smallest absolute Gasteiger partial charge is 0.262 e. The quantitative estimate of drug-likeness (QED) is 0.451. The minimum absolute atomic E-state index is 0.158. The van der Waals surface area contributed by atoms with Crippen molar-refractivity contribution in [2.75, 3.05) is 17.2 Å². The van der Waals surface area contributed by atoms with Gasteiger partial charge in [-0.2, -0.15) is 0 Å². The summed E-state index contributed by atoms with van der Waals surface area (Å²) in [5, 5.41) is 6.00. The number of halogens is 2. The number of rotatable bonds is 6. The first-order valence-corrected chi connectivity index (χ1v) is 9.81. The molecule has 0 heterocycles. The minimum atomic E-state index is -0.310. The molecule has 0 saturated heterocycles. The maximum Gasteiger partial charge on any atom is 0.262 e. The predicted octanol–water partition coefficient (Wildman–Crippen LogP) is 5.21. The van der Waals surface area contributed by atoms with Crippen LogP contribution >= 0.6 is 34.2 Å². The van der Waals surface area contributed by atoms with Gasteiger partial charge in [-0.1, -0.05) is 29.8 Å². The summed E-state index contributed by atoms with van der Waals surface area (Å²) in [5.74, 6) is -0.0491.